The molecule has 1 aliphatic carbocycles. The highest BCUT2D eigenvalue weighted by Crippen LogP contribution is 2.31. The molecular weight excluding hydrogens is 340 g/mol. The van der Waals surface area contributed by atoms with E-state index in [1.165, 1.54) is 12.1 Å². The Hall–Kier alpha value is -0.560. The maximum Gasteiger partial charge on any atom is 0.242 e. The second-order valence-electron chi connectivity index (χ2n) is 4.07. The summed E-state index contributed by atoms with van der Waals surface area (Å²) in [5, 5.41) is 0.292. The monoisotopic (exact) mass is 350 g/mol. The van der Waals surface area contributed by atoms with Gasteiger partial charge in [0.2, 0.25) is 10.0 Å². The first kappa shape index (κ1) is 13.9. The lowest BCUT2D eigenvalue weighted by Gasteiger charge is -2.14. The fourth-order valence-corrected chi connectivity index (χ4v) is 4.33. The molecule has 3 N–H and O–H groups in total. The van der Waals surface area contributed by atoms with Gasteiger partial charge in [-0.3, -0.25) is 0 Å². The van der Waals surface area contributed by atoms with Crippen LogP contribution in [0.4, 0.5) is 5.69 Å². The first-order valence-electron chi connectivity index (χ1n) is 5.32. The van der Waals surface area contributed by atoms with Crippen molar-refractivity contribution in [2.24, 2.45) is 0 Å². The molecule has 0 fully saturated rings. The number of anilines is 1. The average Bonchev–Trinajstić information content (AvgIpc) is 2.75. The molecule has 0 bridgehead atoms. The molecule has 0 aromatic heterocycles. The molecular formula is C11H12BrClN2O2S. The zero-order valence-electron chi connectivity index (χ0n) is 9.36. The van der Waals surface area contributed by atoms with Crippen LogP contribution in [0.25, 0.3) is 0 Å². The van der Waals surface area contributed by atoms with Crippen molar-refractivity contribution in [1.29, 1.82) is 0 Å². The highest BCUT2D eigenvalue weighted by molar-refractivity contribution is 9.10. The molecule has 4 nitrogen and oxygen atoms in total. The molecule has 0 radical (unpaired) electrons. The summed E-state index contributed by atoms with van der Waals surface area (Å²) in [5.41, 5.74) is 5.99. The van der Waals surface area contributed by atoms with Gasteiger partial charge in [0.25, 0.3) is 0 Å². The molecule has 7 heteroatoms. The summed E-state index contributed by atoms with van der Waals surface area (Å²) in [7, 11) is -3.62. The van der Waals surface area contributed by atoms with Crippen molar-refractivity contribution in [2.45, 2.75) is 23.8 Å². The third kappa shape index (κ3) is 2.88. The number of nitrogens with two attached hydrogens (primary N) is 1. The van der Waals surface area contributed by atoms with Crippen molar-refractivity contribution in [3.63, 3.8) is 0 Å². The number of halogens is 2. The summed E-state index contributed by atoms with van der Waals surface area (Å²) in [6.45, 7) is 0. The fraction of sp³-hybridized carbons (Fsp3) is 0.273. The fourth-order valence-electron chi connectivity index (χ4n) is 1.78. The minimum absolute atomic E-state index is 0.0689. The van der Waals surface area contributed by atoms with E-state index in [0.717, 1.165) is 0 Å². The lowest BCUT2D eigenvalue weighted by atomic mass is 10.3. The normalized spacial score (nSPS) is 16.3. The van der Waals surface area contributed by atoms with Crippen LogP contribution in [0, 0.1) is 0 Å². The standard InChI is InChI=1S/C11H12BrClN2O2S/c12-11-9(14)5-7(13)6-10(11)18(16,17)15-8-3-1-2-4-8/h1-2,5-6,8,15H,3-4,14H2. The van der Waals surface area contributed by atoms with Gasteiger partial charge < -0.3 is 5.73 Å². The molecule has 0 spiro atoms. The second kappa shape index (κ2) is 5.21. The number of sulfonamides is 1. The minimum atomic E-state index is -3.62. The molecule has 2 rings (SSSR count). The van der Waals surface area contributed by atoms with Crippen LogP contribution in [0.1, 0.15) is 12.8 Å². The van der Waals surface area contributed by atoms with Crippen LogP contribution < -0.4 is 10.5 Å². The Morgan fingerprint density at radius 3 is 2.56 bits per heavy atom. The van der Waals surface area contributed by atoms with E-state index in [9.17, 15) is 8.42 Å². The van der Waals surface area contributed by atoms with E-state index in [2.05, 4.69) is 20.7 Å². The quantitative estimate of drug-likeness (QED) is 0.649. The Kier molecular flexibility index (Phi) is 4.01. The molecule has 18 heavy (non-hydrogen) atoms. The van der Waals surface area contributed by atoms with Crippen molar-refractivity contribution >= 4 is 43.2 Å². The number of hydrogen-bond donors (Lipinski definition) is 2. The van der Waals surface area contributed by atoms with Crippen molar-refractivity contribution in [2.75, 3.05) is 5.73 Å². The van der Waals surface area contributed by atoms with Gasteiger partial charge in [-0.1, -0.05) is 23.8 Å². The van der Waals surface area contributed by atoms with Crippen LogP contribution in [0.15, 0.2) is 33.7 Å². The molecule has 0 heterocycles. The van der Waals surface area contributed by atoms with E-state index in [4.69, 9.17) is 17.3 Å². The predicted octanol–water partition coefficient (Wildman–Crippen LogP) is 2.68. The van der Waals surface area contributed by atoms with Gasteiger partial charge in [0, 0.05) is 16.8 Å². The van der Waals surface area contributed by atoms with Crippen molar-refractivity contribution < 1.29 is 8.42 Å². The smallest absolute Gasteiger partial charge is 0.242 e. The number of nitrogen functional groups attached to an aromatic ring is 1. The van der Waals surface area contributed by atoms with Crippen molar-refractivity contribution in [3.05, 3.63) is 33.8 Å². The zero-order valence-corrected chi connectivity index (χ0v) is 12.5. The van der Waals surface area contributed by atoms with Gasteiger partial charge in [0.15, 0.2) is 0 Å². The lowest BCUT2D eigenvalue weighted by Crippen LogP contribution is -2.33. The van der Waals surface area contributed by atoms with Crippen molar-refractivity contribution in [3.8, 4) is 0 Å². The van der Waals surface area contributed by atoms with Gasteiger partial charge >= 0.3 is 0 Å². The summed E-state index contributed by atoms with van der Waals surface area (Å²) < 4.78 is 27.4. The van der Waals surface area contributed by atoms with Crippen LogP contribution in [0.3, 0.4) is 0 Å². The third-order valence-electron chi connectivity index (χ3n) is 2.65. The van der Waals surface area contributed by atoms with Gasteiger partial charge in [-0.05, 0) is 40.9 Å². The Morgan fingerprint density at radius 1 is 1.33 bits per heavy atom. The van der Waals surface area contributed by atoms with Crippen LogP contribution >= 0.6 is 27.5 Å². The van der Waals surface area contributed by atoms with E-state index in [1.807, 2.05) is 12.2 Å². The summed E-state index contributed by atoms with van der Waals surface area (Å²) in [5.74, 6) is 0. The molecule has 1 aromatic rings. The largest absolute Gasteiger partial charge is 0.398 e. The summed E-state index contributed by atoms with van der Waals surface area (Å²) >= 11 is 9.02. The number of hydrogen-bond acceptors (Lipinski definition) is 3. The van der Waals surface area contributed by atoms with Crippen LogP contribution in [-0.2, 0) is 10.0 Å². The summed E-state index contributed by atoms with van der Waals surface area (Å²) in [6, 6.07) is 2.79. The Balaban J connectivity index is 2.34. The van der Waals surface area contributed by atoms with Gasteiger partial charge in [0.1, 0.15) is 0 Å². The van der Waals surface area contributed by atoms with Crippen molar-refractivity contribution in [1.82, 2.24) is 4.72 Å². The molecule has 98 valence electrons. The molecule has 1 aliphatic rings. The SMILES string of the molecule is Nc1cc(Cl)cc(S(=O)(=O)NC2CC=CC2)c1Br. The van der Waals surface area contributed by atoms with E-state index in [-0.39, 0.29) is 10.9 Å². The van der Waals surface area contributed by atoms with Gasteiger partial charge in [0.05, 0.1) is 9.37 Å². The van der Waals surface area contributed by atoms with Gasteiger partial charge in [-0.2, -0.15) is 0 Å². The Labute approximate surface area is 119 Å². The zero-order chi connectivity index (χ0) is 13.3. The van der Waals surface area contributed by atoms with Crippen LogP contribution in [0.2, 0.25) is 5.02 Å². The van der Waals surface area contributed by atoms with E-state index in [1.54, 1.807) is 0 Å². The number of rotatable bonds is 3. The molecule has 0 atom stereocenters. The molecule has 1 aromatic carbocycles. The molecule has 0 saturated carbocycles. The molecule has 0 aliphatic heterocycles. The molecule has 0 saturated heterocycles. The first-order valence-corrected chi connectivity index (χ1v) is 7.97. The number of nitrogens with one attached hydrogen (secondary N) is 1. The summed E-state index contributed by atoms with van der Waals surface area (Å²) in [6.07, 6.45) is 5.31. The highest BCUT2D eigenvalue weighted by atomic mass is 79.9. The maximum absolute atomic E-state index is 12.2. The van der Waals surface area contributed by atoms with E-state index < -0.39 is 10.0 Å². The Bertz CT molecular complexity index is 593. The minimum Gasteiger partial charge on any atom is -0.398 e. The molecule has 0 amide bonds. The highest BCUT2D eigenvalue weighted by Gasteiger charge is 2.24. The van der Waals surface area contributed by atoms with Crippen LogP contribution in [-0.4, -0.2) is 14.5 Å². The van der Waals surface area contributed by atoms with Gasteiger partial charge in [-0.15, -0.1) is 0 Å². The topological polar surface area (TPSA) is 72.2 Å². The predicted molar refractivity (Wildman–Crippen MR) is 76.0 cm³/mol. The van der Waals surface area contributed by atoms with E-state index >= 15 is 0 Å². The van der Waals surface area contributed by atoms with E-state index in [0.29, 0.717) is 28.0 Å². The van der Waals surface area contributed by atoms with Gasteiger partial charge in [-0.25, -0.2) is 13.1 Å². The maximum atomic E-state index is 12.2. The molecule has 0 unspecified atom stereocenters. The Morgan fingerprint density at radius 2 is 1.94 bits per heavy atom. The first-order chi connectivity index (χ1) is 8.40. The second-order valence-corrected chi connectivity index (χ2v) is 6.98. The summed E-state index contributed by atoms with van der Waals surface area (Å²) in [4.78, 5) is 0.0689. The number of benzene rings is 1. The van der Waals surface area contributed by atoms with Crippen LogP contribution in [0.5, 0.6) is 0 Å². The lowest BCUT2D eigenvalue weighted by molar-refractivity contribution is 0.557. The third-order valence-corrected chi connectivity index (χ3v) is 5.56. The average molecular weight is 352 g/mol.